The fourth-order valence-electron chi connectivity index (χ4n) is 8.48. The summed E-state index contributed by atoms with van der Waals surface area (Å²) >= 11 is 0. The van der Waals surface area contributed by atoms with Crippen LogP contribution in [0.4, 0.5) is 10.5 Å². The van der Waals surface area contributed by atoms with E-state index in [2.05, 4.69) is 26.1 Å². The van der Waals surface area contributed by atoms with Crippen LogP contribution < -0.4 is 10.1 Å². The molecule has 1 saturated heterocycles. The number of rotatable bonds is 11. The molecule has 0 radical (unpaired) electrons. The number of nitro groups is 1. The van der Waals surface area contributed by atoms with Gasteiger partial charge in [-0.3, -0.25) is 24.5 Å². The number of benzene rings is 3. The zero-order valence-electron chi connectivity index (χ0n) is 30.9. The summed E-state index contributed by atoms with van der Waals surface area (Å²) in [5.41, 5.74) is 3.32. The molecule has 1 aliphatic heterocycles. The molecule has 3 aromatic carbocycles. The number of nitrogens with one attached hydrogen (secondary N) is 1. The van der Waals surface area contributed by atoms with E-state index < -0.39 is 35.2 Å². The molecule has 13 nitrogen and oxygen atoms in total. The van der Waals surface area contributed by atoms with Gasteiger partial charge >= 0.3 is 6.16 Å². The van der Waals surface area contributed by atoms with Gasteiger partial charge < -0.3 is 24.8 Å². The van der Waals surface area contributed by atoms with Crippen molar-refractivity contribution in [3.05, 3.63) is 94.0 Å². The van der Waals surface area contributed by atoms with Crippen molar-refractivity contribution < 1.29 is 38.7 Å². The number of hydrogen-bond donors (Lipinski definition) is 2. The highest BCUT2D eigenvalue weighted by Crippen LogP contribution is 2.61. The standard InChI is InChI=1S/C40H48N4O9/c1-23-32-19-29(40(32,3)4)20-33(23)41-37(46)36-35(24(2)45)34(22-51-39(48)52-31-16-14-30(15-17-31)44(49)50)53-43(36)21-25-8-7-9-28(18-25)26-10-12-27(13-11-26)38(47)42(5)6/h7-18,23-24,29,32-36,45H,19-22H2,1-6H3,(H,41,46)/t23?,24-,29+,32-,33-,34?,35+,36-/m0/s1. The average Bonchev–Trinajstić information content (AvgIpc) is 3.49. The number of carbonyl (C=O) groups is 3. The summed E-state index contributed by atoms with van der Waals surface area (Å²) in [6.45, 7) is 8.26. The van der Waals surface area contributed by atoms with E-state index in [9.17, 15) is 29.6 Å². The van der Waals surface area contributed by atoms with Gasteiger partial charge in [0, 0.05) is 43.8 Å². The summed E-state index contributed by atoms with van der Waals surface area (Å²) < 4.78 is 10.6. The van der Waals surface area contributed by atoms with Gasteiger partial charge in [0.2, 0.25) is 5.91 Å². The number of nitrogens with zero attached hydrogens (tertiary/aromatic N) is 3. The molecule has 7 rings (SSSR count). The second kappa shape index (κ2) is 15.2. The number of amides is 2. The lowest BCUT2D eigenvalue weighted by molar-refractivity contribution is -0.384. The molecule has 13 heteroatoms. The molecule has 3 aliphatic carbocycles. The molecule has 0 spiro atoms. The molecule has 2 N–H and O–H groups in total. The summed E-state index contributed by atoms with van der Waals surface area (Å²) in [5.74, 6) is 0.255. The average molecular weight is 729 g/mol. The molecule has 282 valence electrons. The lowest BCUT2D eigenvalue weighted by Gasteiger charge is -2.62. The van der Waals surface area contributed by atoms with Crippen LogP contribution in [0.2, 0.25) is 0 Å². The molecular formula is C40H48N4O9. The summed E-state index contributed by atoms with van der Waals surface area (Å²) in [6.07, 6.45) is -0.923. The Morgan fingerprint density at radius 2 is 1.75 bits per heavy atom. The molecule has 2 amide bonds. The van der Waals surface area contributed by atoms with Gasteiger partial charge in [-0.1, -0.05) is 51.1 Å². The molecule has 8 atom stereocenters. The fraction of sp³-hybridized carbons (Fsp3) is 0.475. The van der Waals surface area contributed by atoms with Gasteiger partial charge in [-0.05, 0) is 90.0 Å². The van der Waals surface area contributed by atoms with Crippen LogP contribution in [0.5, 0.6) is 5.75 Å². The van der Waals surface area contributed by atoms with Crippen LogP contribution in [0.3, 0.4) is 0 Å². The number of aliphatic hydroxyl groups excluding tert-OH is 1. The van der Waals surface area contributed by atoms with Crippen molar-refractivity contribution in [2.45, 2.75) is 71.4 Å². The van der Waals surface area contributed by atoms with E-state index in [4.69, 9.17) is 14.3 Å². The van der Waals surface area contributed by atoms with E-state index in [0.717, 1.165) is 29.5 Å². The minimum absolute atomic E-state index is 0.0200. The minimum atomic E-state index is -1.06. The first-order valence-corrected chi connectivity index (χ1v) is 18.1. The molecule has 4 aliphatic rings. The maximum Gasteiger partial charge on any atom is 0.513 e. The number of carbonyl (C=O) groups excluding carboxylic acids is 3. The van der Waals surface area contributed by atoms with Crippen LogP contribution in [-0.4, -0.2) is 83.0 Å². The summed E-state index contributed by atoms with van der Waals surface area (Å²) in [6, 6.07) is 19.2. The molecule has 2 bridgehead atoms. The Morgan fingerprint density at radius 3 is 2.36 bits per heavy atom. The number of nitro benzene ring substituents is 1. The third-order valence-electron chi connectivity index (χ3n) is 11.6. The maximum atomic E-state index is 14.3. The monoisotopic (exact) mass is 728 g/mol. The zero-order chi connectivity index (χ0) is 38.2. The molecule has 3 saturated carbocycles. The molecule has 0 aromatic heterocycles. The van der Waals surface area contributed by atoms with Crippen LogP contribution in [0.1, 0.15) is 56.5 Å². The van der Waals surface area contributed by atoms with Crippen molar-refractivity contribution in [1.82, 2.24) is 15.3 Å². The van der Waals surface area contributed by atoms with E-state index in [1.165, 1.54) is 29.2 Å². The lowest BCUT2D eigenvalue weighted by Crippen LogP contribution is -2.62. The molecule has 53 heavy (non-hydrogen) atoms. The number of non-ortho nitro benzene ring substituents is 1. The molecule has 1 heterocycles. The van der Waals surface area contributed by atoms with Crippen LogP contribution in [0.25, 0.3) is 11.1 Å². The first-order valence-electron chi connectivity index (χ1n) is 18.1. The van der Waals surface area contributed by atoms with Gasteiger partial charge in [0.1, 0.15) is 24.5 Å². The smallest absolute Gasteiger partial charge is 0.431 e. The summed E-state index contributed by atoms with van der Waals surface area (Å²) in [7, 11) is 3.41. The zero-order valence-corrected chi connectivity index (χ0v) is 30.9. The Kier molecular flexibility index (Phi) is 10.9. The predicted octanol–water partition coefficient (Wildman–Crippen LogP) is 5.85. The Bertz CT molecular complexity index is 1830. The summed E-state index contributed by atoms with van der Waals surface area (Å²) in [5, 5.41) is 27.0. The van der Waals surface area contributed by atoms with Gasteiger partial charge in [0.05, 0.1) is 17.6 Å². The van der Waals surface area contributed by atoms with E-state index >= 15 is 0 Å². The molecule has 3 aromatic rings. The van der Waals surface area contributed by atoms with Crippen molar-refractivity contribution in [3.63, 3.8) is 0 Å². The van der Waals surface area contributed by atoms with E-state index in [1.807, 2.05) is 36.4 Å². The highest BCUT2D eigenvalue weighted by atomic mass is 16.7. The number of fused-ring (bicyclic) bond motifs is 2. The van der Waals surface area contributed by atoms with Gasteiger partial charge in [-0.15, -0.1) is 0 Å². The first-order chi connectivity index (χ1) is 25.1. The first kappa shape index (κ1) is 37.9. The van der Waals surface area contributed by atoms with Crippen molar-refractivity contribution in [2.75, 3.05) is 20.7 Å². The third kappa shape index (κ3) is 7.92. The van der Waals surface area contributed by atoms with Crippen molar-refractivity contribution >= 4 is 23.7 Å². The molecule has 4 fully saturated rings. The number of aliphatic hydroxyl groups is 1. The highest BCUT2D eigenvalue weighted by Gasteiger charge is 2.57. The Labute approximate surface area is 309 Å². The van der Waals surface area contributed by atoms with Crippen molar-refractivity contribution in [1.29, 1.82) is 0 Å². The second-order valence-corrected chi connectivity index (χ2v) is 15.4. The Hall–Kier alpha value is -4.85. The number of hydroxylamine groups is 2. The Morgan fingerprint density at radius 1 is 1.06 bits per heavy atom. The van der Waals surface area contributed by atoms with E-state index in [0.29, 0.717) is 17.4 Å². The van der Waals surface area contributed by atoms with Crippen molar-refractivity contribution in [3.8, 4) is 16.9 Å². The SMILES string of the molecule is CC1[C@@H](NC(=O)[C@@H]2[C@H]([C@H](C)O)C(COC(=O)Oc3ccc([N+](=O)[O-])cc3)ON2Cc2cccc(-c3ccc(C(=O)N(C)C)cc3)c2)C[C@H]2C[C@@H]1C2(C)C. The highest BCUT2D eigenvalue weighted by molar-refractivity contribution is 5.94. The lowest BCUT2D eigenvalue weighted by atomic mass is 9.45. The van der Waals surface area contributed by atoms with Crippen LogP contribution >= 0.6 is 0 Å². The van der Waals surface area contributed by atoms with Gasteiger partial charge in [-0.25, -0.2) is 4.79 Å². The van der Waals surface area contributed by atoms with Crippen LogP contribution in [0, 0.1) is 39.2 Å². The summed E-state index contributed by atoms with van der Waals surface area (Å²) in [4.78, 5) is 57.7. The molecule has 2 unspecified atom stereocenters. The number of ether oxygens (including phenoxy) is 2. The van der Waals surface area contributed by atoms with Gasteiger partial charge in [0.25, 0.3) is 11.6 Å². The second-order valence-electron chi connectivity index (χ2n) is 15.4. The Balaban J connectivity index is 1.21. The quantitative estimate of drug-likeness (QED) is 0.106. The maximum absolute atomic E-state index is 14.3. The topological polar surface area (TPSA) is 161 Å². The number of hydrogen-bond acceptors (Lipinski definition) is 10. The molecular weight excluding hydrogens is 680 g/mol. The van der Waals surface area contributed by atoms with E-state index in [1.54, 1.807) is 38.2 Å². The van der Waals surface area contributed by atoms with Gasteiger partial charge in [-0.2, -0.15) is 5.06 Å². The fourth-order valence-corrected chi connectivity index (χ4v) is 8.48. The van der Waals surface area contributed by atoms with Gasteiger partial charge in [0.15, 0.2) is 0 Å². The van der Waals surface area contributed by atoms with E-state index in [-0.39, 0.29) is 53.8 Å². The largest absolute Gasteiger partial charge is 0.513 e. The van der Waals surface area contributed by atoms with Crippen LogP contribution in [-0.2, 0) is 20.9 Å². The predicted molar refractivity (Wildman–Crippen MR) is 195 cm³/mol. The normalized spacial score (nSPS) is 26.5. The van der Waals surface area contributed by atoms with Crippen LogP contribution in [0.15, 0.2) is 72.8 Å². The van der Waals surface area contributed by atoms with Crippen molar-refractivity contribution in [2.24, 2.45) is 29.1 Å². The minimum Gasteiger partial charge on any atom is -0.431 e. The third-order valence-corrected chi connectivity index (χ3v) is 11.6.